The third-order valence-corrected chi connectivity index (χ3v) is 3.88. The molecular formula is C13H9Cl2INOY-. The van der Waals surface area contributed by atoms with Gasteiger partial charge in [0.1, 0.15) is 0 Å². The van der Waals surface area contributed by atoms with E-state index in [4.69, 9.17) is 23.2 Å². The maximum Gasteiger partial charge on any atom is 0.207 e. The molecule has 19 heavy (non-hydrogen) atoms. The minimum absolute atomic E-state index is 0. The molecule has 2 aromatic rings. The largest absolute Gasteiger partial charge is 0.342 e. The molecule has 0 spiro atoms. The molecule has 2 rings (SSSR count). The molecule has 2 nitrogen and oxygen atoms in total. The van der Waals surface area contributed by atoms with Crippen molar-refractivity contribution in [2.45, 2.75) is 13.5 Å². The molecule has 6 heteroatoms. The van der Waals surface area contributed by atoms with Gasteiger partial charge < -0.3 is 4.57 Å². The van der Waals surface area contributed by atoms with Crippen LogP contribution in [0.1, 0.15) is 6.92 Å². The number of nitrogens with zero attached hydrogens (tertiary/aromatic N) is 1. The quantitative estimate of drug-likeness (QED) is 0.464. The number of halogens is 3. The van der Waals surface area contributed by atoms with Crippen molar-refractivity contribution in [2.24, 2.45) is 0 Å². The Kier molecular flexibility index (Phi) is 7.01. The monoisotopic (exact) mass is 481 g/mol. The van der Waals surface area contributed by atoms with Gasteiger partial charge in [-0.3, -0.25) is 4.79 Å². The average molecular weight is 482 g/mol. The zero-order valence-electron chi connectivity index (χ0n) is 10.1. The van der Waals surface area contributed by atoms with Crippen LogP contribution in [0.15, 0.2) is 29.1 Å². The van der Waals surface area contributed by atoms with E-state index < -0.39 is 0 Å². The summed E-state index contributed by atoms with van der Waals surface area (Å²) in [6, 6.07) is 9.99. The number of hydrogen-bond donors (Lipinski definition) is 0. The van der Waals surface area contributed by atoms with Gasteiger partial charge in [0.05, 0.1) is 0 Å². The fraction of sp³-hybridized carbons (Fsp3) is 0.154. The van der Waals surface area contributed by atoms with Crippen molar-refractivity contribution < 1.29 is 32.7 Å². The van der Waals surface area contributed by atoms with Gasteiger partial charge in [-0.15, -0.1) is 28.7 Å². The second-order valence-corrected chi connectivity index (χ2v) is 5.66. The topological polar surface area (TPSA) is 22.0 Å². The van der Waals surface area contributed by atoms with Crippen molar-refractivity contribution >= 4 is 45.8 Å². The second kappa shape index (κ2) is 7.55. The summed E-state index contributed by atoms with van der Waals surface area (Å²) < 4.78 is 2.29. The van der Waals surface area contributed by atoms with Crippen LogP contribution in [0.25, 0.3) is 11.3 Å². The Morgan fingerprint density at radius 1 is 1.37 bits per heavy atom. The van der Waals surface area contributed by atoms with Crippen LogP contribution in [0.5, 0.6) is 0 Å². The minimum atomic E-state index is -0.0298. The van der Waals surface area contributed by atoms with Gasteiger partial charge in [-0.1, -0.05) is 40.5 Å². The van der Waals surface area contributed by atoms with Gasteiger partial charge in [-0.05, 0) is 21.6 Å². The van der Waals surface area contributed by atoms with Crippen molar-refractivity contribution in [3.8, 4) is 11.3 Å². The Labute approximate surface area is 160 Å². The molecule has 0 amide bonds. The van der Waals surface area contributed by atoms with E-state index in [-0.39, 0.29) is 38.3 Å². The molecule has 1 heterocycles. The number of hydrogen-bond acceptors (Lipinski definition) is 1. The molecule has 0 aliphatic heterocycles. The van der Waals surface area contributed by atoms with E-state index in [0.29, 0.717) is 25.9 Å². The first kappa shape index (κ1) is 17.6. The Balaban J connectivity index is 0.00000180. The molecule has 0 aliphatic carbocycles. The van der Waals surface area contributed by atoms with Gasteiger partial charge in [0.2, 0.25) is 5.56 Å². The van der Waals surface area contributed by atoms with Crippen LogP contribution < -0.4 is 5.56 Å². The van der Waals surface area contributed by atoms with E-state index in [1.807, 2.05) is 29.5 Å². The Morgan fingerprint density at radius 3 is 2.63 bits per heavy atom. The van der Waals surface area contributed by atoms with Crippen molar-refractivity contribution in [1.29, 1.82) is 0 Å². The van der Waals surface area contributed by atoms with Crippen molar-refractivity contribution in [1.82, 2.24) is 4.57 Å². The first-order valence-corrected chi connectivity index (χ1v) is 7.14. The smallest absolute Gasteiger partial charge is 0.207 e. The van der Waals surface area contributed by atoms with Crippen LogP contribution in [-0.2, 0) is 39.3 Å². The third kappa shape index (κ3) is 3.82. The van der Waals surface area contributed by atoms with Crippen molar-refractivity contribution in [2.75, 3.05) is 0 Å². The Morgan fingerprint density at radius 2 is 2.05 bits per heavy atom. The summed E-state index contributed by atoms with van der Waals surface area (Å²) in [5.74, 6) is 0. The van der Waals surface area contributed by atoms with Crippen LogP contribution in [0.3, 0.4) is 0 Å². The second-order valence-electron chi connectivity index (χ2n) is 3.66. The van der Waals surface area contributed by atoms with Crippen LogP contribution in [-0.4, -0.2) is 4.57 Å². The zero-order chi connectivity index (χ0) is 13.3. The fourth-order valence-electron chi connectivity index (χ4n) is 1.71. The molecule has 0 atom stereocenters. The summed E-state index contributed by atoms with van der Waals surface area (Å²) >= 11 is 14.0. The molecule has 1 aromatic heterocycles. The predicted octanol–water partition coefficient (Wildman–Crippen LogP) is 4.24. The number of aromatic nitrogens is 1. The summed E-state index contributed by atoms with van der Waals surface area (Å²) in [5.41, 5.74) is 1.42. The zero-order valence-corrected chi connectivity index (χ0v) is 16.6. The molecule has 97 valence electrons. The fourth-order valence-corrected chi connectivity index (χ4v) is 2.65. The standard InChI is InChI=1S/C13H9Cl2INO.Y/c1-2-17-12(6-5-11(16)13(17)18)9-4-3-8(14)7-10(9)15;/h3-5,7H,2H2,1H3;/q-1;. The van der Waals surface area contributed by atoms with Crippen molar-refractivity contribution in [3.63, 3.8) is 0 Å². The molecule has 0 bridgehead atoms. The van der Waals surface area contributed by atoms with Crippen LogP contribution in [0, 0.1) is 9.64 Å². The van der Waals surface area contributed by atoms with Crippen LogP contribution >= 0.6 is 45.8 Å². The van der Waals surface area contributed by atoms with E-state index >= 15 is 0 Å². The van der Waals surface area contributed by atoms with Gasteiger partial charge in [-0.2, -0.15) is 12.1 Å². The van der Waals surface area contributed by atoms with Gasteiger partial charge in [-0.25, -0.2) is 0 Å². The van der Waals surface area contributed by atoms with Gasteiger partial charge >= 0.3 is 0 Å². The van der Waals surface area contributed by atoms with Gasteiger partial charge in [0.25, 0.3) is 0 Å². The van der Waals surface area contributed by atoms with E-state index in [0.717, 1.165) is 5.56 Å². The first-order valence-electron chi connectivity index (χ1n) is 5.31. The first-order chi connectivity index (χ1) is 8.54. The van der Waals surface area contributed by atoms with E-state index in [1.54, 1.807) is 28.8 Å². The molecular weight excluding hydrogens is 473 g/mol. The minimum Gasteiger partial charge on any atom is -0.342 e. The summed E-state index contributed by atoms with van der Waals surface area (Å²) in [7, 11) is 0. The average Bonchev–Trinajstić information content (AvgIpc) is 2.33. The molecule has 0 saturated carbocycles. The number of rotatable bonds is 2. The van der Waals surface area contributed by atoms with Gasteiger partial charge in [0.15, 0.2) is 0 Å². The summed E-state index contributed by atoms with van der Waals surface area (Å²) in [6.45, 7) is 2.49. The molecule has 0 fully saturated rings. The third-order valence-electron chi connectivity index (χ3n) is 2.56. The normalized spacial score (nSPS) is 10.1. The van der Waals surface area contributed by atoms with E-state index in [1.165, 1.54) is 0 Å². The molecule has 1 aromatic carbocycles. The Hall–Kier alpha value is 0.584. The van der Waals surface area contributed by atoms with E-state index in [2.05, 4.69) is 6.07 Å². The van der Waals surface area contributed by atoms with Crippen molar-refractivity contribution in [3.05, 3.63) is 54.3 Å². The maximum atomic E-state index is 12.0. The maximum absolute atomic E-state index is 12.0. The van der Waals surface area contributed by atoms with E-state index in [9.17, 15) is 4.79 Å². The summed E-state index contributed by atoms with van der Waals surface area (Å²) in [6.07, 6.45) is 0. The van der Waals surface area contributed by atoms with Crippen LogP contribution in [0.2, 0.25) is 10.0 Å². The SMILES string of the molecule is CCn1c(-c2ccc(Cl)cc2Cl)[c-]cc(I)c1=O.[Y]. The molecule has 1 radical (unpaired) electrons. The molecule has 0 unspecified atom stereocenters. The molecule has 0 N–H and O–H groups in total. The Bertz CT molecular complexity index is 658. The summed E-state index contributed by atoms with van der Waals surface area (Å²) in [5, 5.41) is 1.08. The van der Waals surface area contributed by atoms with Crippen LogP contribution in [0.4, 0.5) is 0 Å². The number of benzene rings is 1. The predicted molar refractivity (Wildman–Crippen MR) is 83.4 cm³/mol. The summed E-state index contributed by atoms with van der Waals surface area (Å²) in [4.78, 5) is 12.0. The molecule has 0 aliphatic rings. The molecule has 0 saturated heterocycles. The number of pyridine rings is 1. The van der Waals surface area contributed by atoms with Gasteiger partial charge in [0, 0.05) is 44.3 Å².